The summed E-state index contributed by atoms with van der Waals surface area (Å²) in [7, 11) is 0. The van der Waals surface area contributed by atoms with Crippen LogP contribution in [0.5, 0.6) is 0 Å². The summed E-state index contributed by atoms with van der Waals surface area (Å²) in [5, 5.41) is 0. The van der Waals surface area contributed by atoms with E-state index >= 15 is 0 Å². The third kappa shape index (κ3) is 18.4. The van der Waals surface area contributed by atoms with Crippen LogP contribution in [0.2, 0.25) is 0 Å². The fraction of sp³-hybridized carbons (Fsp3) is 0.875. The van der Waals surface area contributed by atoms with E-state index < -0.39 is 0 Å². The van der Waals surface area contributed by atoms with Crippen LogP contribution in [0.15, 0.2) is 12.2 Å². The third-order valence-corrected chi connectivity index (χ3v) is 3.55. The number of unbranched alkanes of at least 4 members (excludes halogenated alkanes) is 6. The minimum Gasteiger partial charge on any atom is -0.355 e. The van der Waals surface area contributed by atoms with Crippen molar-refractivity contribution in [2.75, 3.05) is 24.4 Å². The Balaban J connectivity index is 2.95. The van der Waals surface area contributed by atoms with Gasteiger partial charge in [0.25, 0.3) is 0 Å². The quantitative estimate of drug-likeness (QED) is 0.122. The van der Waals surface area contributed by atoms with E-state index in [0.717, 1.165) is 26.1 Å². The van der Waals surface area contributed by atoms with Gasteiger partial charge in [-0.1, -0.05) is 80.2 Å². The smallest absolute Gasteiger partial charge is 0.146 e. The van der Waals surface area contributed by atoms with Crippen molar-refractivity contribution in [2.24, 2.45) is 0 Å². The fourth-order valence-corrected chi connectivity index (χ4v) is 2.15. The Kier molecular flexibility index (Phi) is 18.8. The summed E-state index contributed by atoms with van der Waals surface area (Å²) >= 11 is 2.38. The Morgan fingerprint density at radius 2 is 1.42 bits per heavy atom. The zero-order valence-corrected chi connectivity index (χ0v) is 14.7. The minimum atomic E-state index is 0.454. The Bertz CT molecular complexity index is 184. The normalized spacial score (nSPS) is 11.5. The van der Waals surface area contributed by atoms with Crippen LogP contribution in [0.4, 0.5) is 0 Å². The molecule has 0 radical (unpaired) electrons. The van der Waals surface area contributed by atoms with Crippen LogP contribution in [0, 0.1) is 0 Å². The molecule has 0 saturated heterocycles. The van der Waals surface area contributed by atoms with Gasteiger partial charge in [-0.15, -0.1) is 0 Å². The number of rotatable bonds is 15. The molecule has 0 aromatic heterocycles. The van der Waals surface area contributed by atoms with E-state index in [-0.39, 0.29) is 0 Å². The van der Waals surface area contributed by atoms with Crippen LogP contribution < -0.4 is 0 Å². The molecule has 0 aliphatic heterocycles. The molecule has 0 amide bonds. The second-order valence-corrected chi connectivity index (χ2v) is 5.87. The molecule has 19 heavy (non-hydrogen) atoms. The summed E-state index contributed by atoms with van der Waals surface area (Å²) in [6.07, 6.45) is 15.9. The van der Waals surface area contributed by atoms with E-state index in [1.54, 1.807) is 0 Å². The van der Waals surface area contributed by atoms with Crippen LogP contribution in [0.1, 0.15) is 64.7 Å². The zero-order chi connectivity index (χ0) is 14.0. The molecular weight excluding hydrogens is 351 g/mol. The average Bonchev–Trinajstić information content (AvgIpc) is 2.43. The highest BCUT2D eigenvalue weighted by atomic mass is 127. The summed E-state index contributed by atoms with van der Waals surface area (Å²) < 4.78 is 12.0. The van der Waals surface area contributed by atoms with Crippen molar-refractivity contribution < 1.29 is 9.47 Å². The molecule has 0 fully saturated rings. The molecule has 0 aliphatic rings. The fourth-order valence-electron chi connectivity index (χ4n) is 1.79. The first-order chi connectivity index (χ1) is 9.41. The number of alkyl halides is 1. The predicted molar refractivity (Wildman–Crippen MR) is 92.0 cm³/mol. The molecule has 2 nitrogen and oxygen atoms in total. The maximum Gasteiger partial charge on any atom is 0.146 e. The Labute approximate surface area is 133 Å². The van der Waals surface area contributed by atoms with Crippen LogP contribution in [-0.4, -0.2) is 24.4 Å². The van der Waals surface area contributed by atoms with E-state index in [1.807, 2.05) is 0 Å². The van der Waals surface area contributed by atoms with Gasteiger partial charge in [0.2, 0.25) is 0 Å². The van der Waals surface area contributed by atoms with E-state index in [9.17, 15) is 0 Å². The van der Waals surface area contributed by atoms with Gasteiger partial charge in [0.05, 0.1) is 6.61 Å². The second-order valence-electron chi connectivity index (χ2n) is 4.79. The van der Waals surface area contributed by atoms with Crippen LogP contribution in [0.25, 0.3) is 0 Å². The molecular formula is C16H31IO2. The molecule has 114 valence electrons. The van der Waals surface area contributed by atoms with E-state index in [2.05, 4.69) is 41.7 Å². The zero-order valence-electron chi connectivity index (χ0n) is 12.5. The van der Waals surface area contributed by atoms with Crippen molar-refractivity contribution in [3.05, 3.63) is 12.2 Å². The first-order valence-electron chi connectivity index (χ1n) is 7.78. The molecule has 0 unspecified atom stereocenters. The molecule has 3 heteroatoms. The highest BCUT2D eigenvalue weighted by Crippen LogP contribution is 2.06. The lowest BCUT2D eigenvalue weighted by Crippen LogP contribution is -2.02. The lowest BCUT2D eigenvalue weighted by atomic mass is 10.1. The van der Waals surface area contributed by atoms with Crippen LogP contribution in [-0.2, 0) is 9.47 Å². The Hall–Kier alpha value is 0.390. The van der Waals surface area contributed by atoms with E-state index in [1.165, 1.54) is 49.4 Å². The minimum absolute atomic E-state index is 0.454. The summed E-state index contributed by atoms with van der Waals surface area (Å²) in [5.41, 5.74) is 0. The predicted octanol–water partition coefficient (Wildman–Crippen LogP) is 5.50. The number of hydrogen-bond acceptors (Lipinski definition) is 2. The second kappa shape index (κ2) is 18.4. The lowest BCUT2D eigenvalue weighted by Gasteiger charge is -2.05. The van der Waals surface area contributed by atoms with Gasteiger partial charge in [0, 0.05) is 11.0 Å². The summed E-state index contributed by atoms with van der Waals surface area (Å²) in [6, 6.07) is 0. The molecule has 0 atom stereocenters. The van der Waals surface area contributed by atoms with Crippen LogP contribution in [0.3, 0.4) is 0 Å². The Morgan fingerprint density at radius 1 is 0.789 bits per heavy atom. The van der Waals surface area contributed by atoms with Gasteiger partial charge < -0.3 is 9.47 Å². The van der Waals surface area contributed by atoms with Crippen molar-refractivity contribution in [1.29, 1.82) is 0 Å². The molecule has 0 spiro atoms. The summed E-state index contributed by atoms with van der Waals surface area (Å²) in [5.74, 6) is 0. The molecule has 0 aromatic rings. The molecule has 0 aliphatic carbocycles. The van der Waals surface area contributed by atoms with Gasteiger partial charge in [-0.3, -0.25) is 0 Å². The van der Waals surface area contributed by atoms with Crippen molar-refractivity contribution in [3.63, 3.8) is 0 Å². The number of hydrogen-bond donors (Lipinski definition) is 0. The Morgan fingerprint density at radius 3 is 2.16 bits per heavy atom. The lowest BCUT2D eigenvalue weighted by molar-refractivity contribution is -0.0531. The van der Waals surface area contributed by atoms with Gasteiger partial charge in [0.15, 0.2) is 0 Å². The van der Waals surface area contributed by atoms with Crippen molar-refractivity contribution in [1.82, 2.24) is 0 Å². The molecule has 0 rings (SSSR count). The SMILES string of the molecule is CCCCCCCCCOCOCC/C=C\CCI. The highest BCUT2D eigenvalue weighted by Gasteiger charge is 1.92. The maximum atomic E-state index is 5.44. The monoisotopic (exact) mass is 382 g/mol. The van der Waals surface area contributed by atoms with Gasteiger partial charge in [-0.25, -0.2) is 0 Å². The van der Waals surface area contributed by atoms with Crippen molar-refractivity contribution in [3.8, 4) is 0 Å². The summed E-state index contributed by atoms with van der Waals surface area (Å²) in [6.45, 7) is 4.33. The first-order valence-corrected chi connectivity index (χ1v) is 9.30. The highest BCUT2D eigenvalue weighted by molar-refractivity contribution is 14.1. The van der Waals surface area contributed by atoms with Gasteiger partial charge in [-0.05, 0) is 19.3 Å². The van der Waals surface area contributed by atoms with Crippen molar-refractivity contribution >= 4 is 22.6 Å². The molecule has 0 heterocycles. The standard InChI is InChI=1S/C16H31IO2/c1-2-3-4-5-6-8-11-14-18-16-19-15-12-9-7-10-13-17/h7,9H,2-6,8,10-16H2,1H3/b9-7-. The van der Waals surface area contributed by atoms with E-state index in [0.29, 0.717) is 6.79 Å². The topological polar surface area (TPSA) is 18.5 Å². The van der Waals surface area contributed by atoms with Crippen molar-refractivity contribution in [2.45, 2.75) is 64.7 Å². The van der Waals surface area contributed by atoms with Gasteiger partial charge >= 0.3 is 0 Å². The van der Waals surface area contributed by atoms with Gasteiger partial charge in [0.1, 0.15) is 6.79 Å². The molecule has 0 N–H and O–H groups in total. The van der Waals surface area contributed by atoms with Crippen LogP contribution >= 0.6 is 22.6 Å². The largest absolute Gasteiger partial charge is 0.355 e. The summed E-state index contributed by atoms with van der Waals surface area (Å²) in [4.78, 5) is 0. The maximum absolute atomic E-state index is 5.44. The first kappa shape index (κ1) is 19.4. The molecule has 0 saturated carbocycles. The average molecular weight is 382 g/mol. The molecule has 0 bridgehead atoms. The number of allylic oxidation sites excluding steroid dienone is 1. The van der Waals surface area contributed by atoms with E-state index in [4.69, 9.17) is 9.47 Å². The van der Waals surface area contributed by atoms with Gasteiger partial charge in [-0.2, -0.15) is 0 Å². The third-order valence-electron chi connectivity index (χ3n) is 2.93. The molecule has 0 aromatic carbocycles. The number of ether oxygens (including phenoxy) is 2. The number of halogens is 1.